The van der Waals surface area contributed by atoms with Crippen LogP contribution in [0.4, 0.5) is 0 Å². The van der Waals surface area contributed by atoms with Gasteiger partial charge < -0.3 is 19.7 Å². The third-order valence-corrected chi connectivity index (χ3v) is 4.88. The van der Waals surface area contributed by atoms with Crippen LogP contribution < -0.4 is 14.8 Å². The molecule has 1 aromatic rings. The van der Waals surface area contributed by atoms with Gasteiger partial charge in [0.15, 0.2) is 11.5 Å². The van der Waals surface area contributed by atoms with E-state index < -0.39 is 0 Å². The predicted octanol–water partition coefficient (Wildman–Crippen LogP) is 4.14. The summed E-state index contributed by atoms with van der Waals surface area (Å²) in [6.07, 6.45) is 7.37. The number of nitrogens with one attached hydrogen (secondary N) is 1. The second kappa shape index (κ2) is 11.2. The monoisotopic (exact) mass is 394 g/mol. The quantitative estimate of drug-likeness (QED) is 0.639. The maximum Gasteiger partial charge on any atom is 0.244 e. The van der Waals surface area contributed by atoms with Crippen molar-refractivity contribution in [1.82, 2.24) is 10.2 Å². The molecule has 0 aromatic heterocycles. The average Bonchev–Trinajstić information content (AvgIpc) is 2.67. The highest BCUT2D eigenvalue weighted by molar-refractivity contribution is 6.32. The van der Waals surface area contributed by atoms with Gasteiger partial charge in [-0.15, -0.1) is 0 Å². The third kappa shape index (κ3) is 6.74. The van der Waals surface area contributed by atoms with Crippen molar-refractivity contribution < 1.29 is 14.3 Å². The molecule has 1 fully saturated rings. The highest BCUT2D eigenvalue weighted by Gasteiger charge is 2.19. The Bertz CT molecular complexity index is 641. The summed E-state index contributed by atoms with van der Waals surface area (Å²) in [7, 11) is 1.58. The molecule has 6 heteroatoms. The molecule has 1 heterocycles. The van der Waals surface area contributed by atoms with Crippen molar-refractivity contribution in [2.45, 2.75) is 45.6 Å². The molecular weight excluding hydrogens is 364 g/mol. The van der Waals surface area contributed by atoms with Crippen LogP contribution in [0.5, 0.6) is 11.5 Å². The molecule has 0 radical (unpaired) electrons. The van der Waals surface area contributed by atoms with Gasteiger partial charge in [-0.1, -0.05) is 25.4 Å². The molecule has 1 aliphatic heterocycles. The fraction of sp³-hybridized carbons (Fsp3) is 0.571. The van der Waals surface area contributed by atoms with Crippen LogP contribution in [0.25, 0.3) is 6.08 Å². The molecule has 1 aliphatic rings. The number of halogens is 1. The number of hydrogen-bond acceptors (Lipinski definition) is 4. The van der Waals surface area contributed by atoms with Crippen molar-refractivity contribution in [3.8, 4) is 11.5 Å². The second-order valence-corrected chi connectivity index (χ2v) is 7.25. The van der Waals surface area contributed by atoms with Crippen LogP contribution in [0.1, 0.15) is 45.1 Å². The summed E-state index contributed by atoms with van der Waals surface area (Å²) in [5.74, 6) is 1.03. The molecular formula is C21H31ClN2O3. The smallest absolute Gasteiger partial charge is 0.244 e. The van der Waals surface area contributed by atoms with E-state index in [1.807, 2.05) is 13.0 Å². The van der Waals surface area contributed by atoms with Gasteiger partial charge in [-0.3, -0.25) is 4.79 Å². The lowest BCUT2D eigenvalue weighted by molar-refractivity contribution is -0.117. The number of hydrogen-bond donors (Lipinski definition) is 1. The fourth-order valence-electron chi connectivity index (χ4n) is 3.22. The molecule has 0 aliphatic carbocycles. The number of carbonyl (C=O) groups is 1. The van der Waals surface area contributed by atoms with Gasteiger partial charge in [-0.25, -0.2) is 0 Å². The first-order valence-corrected chi connectivity index (χ1v) is 10.2. The van der Waals surface area contributed by atoms with E-state index in [1.54, 1.807) is 25.3 Å². The number of methoxy groups -OCH3 is 1. The lowest BCUT2D eigenvalue weighted by Crippen LogP contribution is -2.44. The SMILES string of the molecule is CCCOc1c(Cl)cc(/C=C/C(=O)NC2CCN(CCC)CC2)cc1OC. The first-order chi connectivity index (χ1) is 13.1. The number of carbonyl (C=O) groups excluding carboxylic acids is 1. The van der Waals surface area contributed by atoms with E-state index in [0.717, 1.165) is 44.5 Å². The van der Waals surface area contributed by atoms with E-state index in [4.69, 9.17) is 21.1 Å². The Labute approximate surface area is 167 Å². The largest absolute Gasteiger partial charge is 0.493 e. The van der Waals surface area contributed by atoms with Gasteiger partial charge in [-0.05, 0) is 56.0 Å². The number of amides is 1. The van der Waals surface area contributed by atoms with E-state index in [1.165, 1.54) is 6.42 Å². The summed E-state index contributed by atoms with van der Waals surface area (Å²) >= 11 is 6.32. The van der Waals surface area contributed by atoms with Gasteiger partial charge in [0, 0.05) is 25.2 Å². The molecule has 0 bridgehead atoms. The third-order valence-electron chi connectivity index (χ3n) is 4.60. The van der Waals surface area contributed by atoms with Crippen LogP contribution >= 0.6 is 11.6 Å². The summed E-state index contributed by atoms with van der Waals surface area (Å²) in [6, 6.07) is 3.85. The fourth-order valence-corrected chi connectivity index (χ4v) is 3.49. The molecule has 150 valence electrons. The summed E-state index contributed by atoms with van der Waals surface area (Å²) in [5, 5.41) is 3.57. The zero-order valence-corrected chi connectivity index (χ0v) is 17.3. The minimum atomic E-state index is -0.0784. The van der Waals surface area contributed by atoms with Crippen LogP contribution in [0.2, 0.25) is 5.02 Å². The van der Waals surface area contributed by atoms with Gasteiger partial charge in [0.1, 0.15) is 0 Å². The van der Waals surface area contributed by atoms with Crippen molar-refractivity contribution in [2.24, 2.45) is 0 Å². The molecule has 1 amide bonds. The second-order valence-electron chi connectivity index (χ2n) is 6.84. The minimum Gasteiger partial charge on any atom is -0.493 e. The first kappa shape index (κ1) is 21.6. The zero-order valence-electron chi connectivity index (χ0n) is 16.6. The van der Waals surface area contributed by atoms with Gasteiger partial charge in [0.25, 0.3) is 0 Å². The zero-order chi connectivity index (χ0) is 19.6. The Hall–Kier alpha value is -1.72. The number of ether oxygens (including phenoxy) is 2. The van der Waals surface area contributed by atoms with Crippen molar-refractivity contribution in [2.75, 3.05) is 33.4 Å². The van der Waals surface area contributed by atoms with E-state index in [0.29, 0.717) is 23.1 Å². The molecule has 1 N–H and O–H groups in total. The average molecular weight is 395 g/mol. The van der Waals surface area contributed by atoms with Gasteiger partial charge in [-0.2, -0.15) is 0 Å². The lowest BCUT2D eigenvalue weighted by Gasteiger charge is -2.31. The van der Waals surface area contributed by atoms with E-state index in [2.05, 4.69) is 17.1 Å². The molecule has 27 heavy (non-hydrogen) atoms. The van der Waals surface area contributed by atoms with Crippen molar-refractivity contribution in [1.29, 1.82) is 0 Å². The van der Waals surface area contributed by atoms with Crippen molar-refractivity contribution in [3.05, 3.63) is 28.8 Å². The highest BCUT2D eigenvalue weighted by Crippen LogP contribution is 2.36. The summed E-state index contributed by atoms with van der Waals surface area (Å²) in [4.78, 5) is 14.7. The molecule has 0 unspecified atom stereocenters. The Kier molecular flexibility index (Phi) is 8.95. The Balaban J connectivity index is 1.93. The molecule has 0 spiro atoms. The van der Waals surface area contributed by atoms with Crippen LogP contribution in [-0.4, -0.2) is 50.2 Å². The van der Waals surface area contributed by atoms with Crippen LogP contribution in [0.15, 0.2) is 18.2 Å². The number of rotatable bonds is 9. The van der Waals surface area contributed by atoms with Crippen LogP contribution in [0, 0.1) is 0 Å². The van der Waals surface area contributed by atoms with Gasteiger partial charge in [0.2, 0.25) is 5.91 Å². The maximum absolute atomic E-state index is 12.2. The van der Waals surface area contributed by atoms with Crippen molar-refractivity contribution in [3.63, 3.8) is 0 Å². The molecule has 1 saturated heterocycles. The maximum atomic E-state index is 12.2. The first-order valence-electron chi connectivity index (χ1n) is 9.78. The summed E-state index contributed by atoms with van der Waals surface area (Å²) in [5.41, 5.74) is 0.800. The summed E-state index contributed by atoms with van der Waals surface area (Å²) in [6.45, 7) is 8.04. The number of likely N-dealkylation sites (tertiary alicyclic amines) is 1. The van der Waals surface area contributed by atoms with Crippen LogP contribution in [0.3, 0.4) is 0 Å². The summed E-state index contributed by atoms with van der Waals surface area (Å²) < 4.78 is 11.0. The molecule has 0 saturated carbocycles. The van der Waals surface area contributed by atoms with E-state index >= 15 is 0 Å². The Morgan fingerprint density at radius 3 is 2.67 bits per heavy atom. The predicted molar refractivity (Wildman–Crippen MR) is 111 cm³/mol. The van der Waals surface area contributed by atoms with Gasteiger partial charge in [0.05, 0.1) is 18.7 Å². The van der Waals surface area contributed by atoms with Crippen LogP contribution in [-0.2, 0) is 4.79 Å². The van der Waals surface area contributed by atoms with Gasteiger partial charge >= 0.3 is 0 Å². The normalized spacial score (nSPS) is 15.9. The highest BCUT2D eigenvalue weighted by atomic mass is 35.5. The molecule has 0 atom stereocenters. The Morgan fingerprint density at radius 1 is 1.30 bits per heavy atom. The molecule has 5 nitrogen and oxygen atoms in total. The number of nitrogens with zero attached hydrogens (tertiary/aromatic N) is 1. The topological polar surface area (TPSA) is 50.8 Å². The number of benzene rings is 1. The molecule has 1 aromatic carbocycles. The minimum absolute atomic E-state index is 0.0784. The lowest BCUT2D eigenvalue weighted by atomic mass is 10.0. The van der Waals surface area contributed by atoms with E-state index in [9.17, 15) is 4.79 Å². The van der Waals surface area contributed by atoms with E-state index in [-0.39, 0.29) is 11.9 Å². The standard InChI is InChI=1S/C21H31ClN2O3/c1-4-10-24-11-8-17(9-12-24)23-20(25)7-6-16-14-18(22)21(27-13-5-2)19(15-16)26-3/h6-7,14-15,17H,4-5,8-13H2,1-3H3,(H,23,25)/b7-6+. The van der Waals surface area contributed by atoms with Crippen molar-refractivity contribution >= 4 is 23.6 Å². The number of piperidine rings is 1. The molecule has 2 rings (SSSR count). The Morgan fingerprint density at radius 2 is 2.04 bits per heavy atom.